The Bertz CT molecular complexity index is 1490. The van der Waals surface area contributed by atoms with Gasteiger partial charge in [-0.3, -0.25) is 4.79 Å². The predicted octanol–water partition coefficient (Wildman–Crippen LogP) is 0.0859. The van der Waals surface area contributed by atoms with Crippen molar-refractivity contribution in [1.29, 1.82) is 0 Å². The Morgan fingerprint density at radius 1 is 0.760 bits per heavy atom. The number of methoxy groups -OCH3 is 2. The molecule has 0 aliphatic carbocycles. The highest BCUT2D eigenvalue weighted by atomic mass is 16.8. The van der Waals surface area contributed by atoms with Gasteiger partial charge in [0.05, 0.1) is 45.7 Å². The molecule has 2 aromatic rings. The lowest BCUT2D eigenvalue weighted by molar-refractivity contribution is -0.354. The van der Waals surface area contributed by atoms with Crippen molar-refractivity contribution >= 4 is 5.97 Å². The molecule has 0 saturated carbocycles. The highest BCUT2D eigenvalue weighted by Gasteiger charge is 2.52. The smallest absolute Gasteiger partial charge is 0.302 e. The van der Waals surface area contributed by atoms with Gasteiger partial charge in [-0.05, 0) is 42.3 Å². The standard InChI is InChI=1S/C34H44O16/c1-14-25(37)27(39)29(41)33(47-14)50-32-28(40)26(38)24(13-44-15(2)35)49-34(32)48-21-8-6-17(10-23(21)43-4)31-19-12-45-30(18(19)11-46-31)16-5-7-20(36)22(9-16)42-3/h5-10,14,18-19,24-34,36-41H,11-13H2,1-4H3/t14-,18?,19?,24+,25-,26+,27+,28-,29+,30?,31?,32+,33-,34+/m1/s1. The Labute approximate surface area is 287 Å². The normalized spacial score (nSPS) is 38.3. The molecule has 4 saturated heterocycles. The number of aromatic hydroxyl groups is 1. The van der Waals surface area contributed by atoms with Gasteiger partial charge in [0, 0.05) is 18.8 Å². The van der Waals surface area contributed by atoms with Crippen LogP contribution < -0.4 is 14.2 Å². The molecular weight excluding hydrogens is 664 g/mol. The number of phenols is 1. The Morgan fingerprint density at radius 3 is 2.00 bits per heavy atom. The van der Waals surface area contributed by atoms with E-state index in [-0.39, 0.29) is 41.3 Å². The summed E-state index contributed by atoms with van der Waals surface area (Å²) in [6.07, 6.45) is -15.4. The van der Waals surface area contributed by atoms with Crippen LogP contribution in [0.5, 0.6) is 23.0 Å². The van der Waals surface area contributed by atoms with Gasteiger partial charge in [0.1, 0.15) is 43.2 Å². The summed E-state index contributed by atoms with van der Waals surface area (Å²) in [6.45, 7) is 3.10. The minimum atomic E-state index is -1.72. The molecule has 4 unspecified atom stereocenters. The number of aliphatic hydroxyl groups is 5. The van der Waals surface area contributed by atoms with Gasteiger partial charge in [-0.25, -0.2) is 0 Å². The molecule has 4 aliphatic rings. The first-order valence-electron chi connectivity index (χ1n) is 16.4. The fraction of sp³-hybridized carbons (Fsp3) is 0.618. The second-order valence-electron chi connectivity index (χ2n) is 12.9. The van der Waals surface area contributed by atoms with Gasteiger partial charge in [-0.15, -0.1) is 0 Å². The number of carbonyl (C=O) groups is 1. The van der Waals surface area contributed by atoms with E-state index in [0.29, 0.717) is 19.0 Å². The van der Waals surface area contributed by atoms with Gasteiger partial charge in [-0.1, -0.05) is 12.1 Å². The van der Waals surface area contributed by atoms with Crippen molar-refractivity contribution in [3.8, 4) is 23.0 Å². The summed E-state index contributed by atoms with van der Waals surface area (Å²) in [4.78, 5) is 11.5. The second-order valence-corrected chi connectivity index (χ2v) is 12.9. The minimum Gasteiger partial charge on any atom is -0.504 e. The highest BCUT2D eigenvalue weighted by Crippen LogP contribution is 2.51. The summed E-state index contributed by atoms with van der Waals surface area (Å²) < 4.78 is 52.0. The Morgan fingerprint density at radius 2 is 1.38 bits per heavy atom. The summed E-state index contributed by atoms with van der Waals surface area (Å²) in [5.41, 5.74) is 1.66. The van der Waals surface area contributed by atoms with Crippen molar-refractivity contribution in [2.75, 3.05) is 34.0 Å². The zero-order valence-corrected chi connectivity index (χ0v) is 27.9. The lowest BCUT2D eigenvalue weighted by Gasteiger charge is -2.45. The van der Waals surface area contributed by atoms with E-state index < -0.39 is 74.0 Å². The number of rotatable bonds is 10. The van der Waals surface area contributed by atoms with E-state index in [1.54, 1.807) is 36.4 Å². The fourth-order valence-corrected chi connectivity index (χ4v) is 6.95. The van der Waals surface area contributed by atoms with E-state index in [1.807, 2.05) is 0 Å². The number of carbonyl (C=O) groups excluding carboxylic acids is 1. The molecule has 276 valence electrons. The molecule has 0 bridgehead atoms. The van der Waals surface area contributed by atoms with Gasteiger partial charge in [-0.2, -0.15) is 0 Å². The Balaban J connectivity index is 1.21. The number of ether oxygens (including phenoxy) is 9. The van der Waals surface area contributed by atoms with Crippen LogP contribution in [0.3, 0.4) is 0 Å². The maximum absolute atomic E-state index is 11.5. The van der Waals surface area contributed by atoms with Gasteiger partial charge in [0.25, 0.3) is 0 Å². The molecule has 4 aliphatic heterocycles. The monoisotopic (exact) mass is 708 g/mol. The van der Waals surface area contributed by atoms with E-state index in [2.05, 4.69) is 0 Å². The van der Waals surface area contributed by atoms with Crippen molar-refractivity contribution in [3.05, 3.63) is 47.5 Å². The number of hydrogen-bond donors (Lipinski definition) is 6. The van der Waals surface area contributed by atoms with Crippen LogP contribution in [0, 0.1) is 11.8 Å². The molecule has 0 amide bonds. The van der Waals surface area contributed by atoms with Crippen LogP contribution in [-0.4, -0.2) is 132 Å². The van der Waals surface area contributed by atoms with Crippen LogP contribution in [0.1, 0.15) is 37.2 Å². The lowest BCUT2D eigenvalue weighted by Crippen LogP contribution is -2.64. The molecular formula is C34H44O16. The summed E-state index contributed by atoms with van der Waals surface area (Å²) >= 11 is 0. The van der Waals surface area contributed by atoms with Crippen molar-refractivity contribution in [3.63, 3.8) is 0 Å². The maximum atomic E-state index is 11.5. The molecule has 6 N–H and O–H groups in total. The highest BCUT2D eigenvalue weighted by molar-refractivity contribution is 5.65. The zero-order valence-electron chi connectivity index (χ0n) is 27.9. The molecule has 0 aromatic heterocycles. The first-order valence-corrected chi connectivity index (χ1v) is 16.4. The summed E-state index contributed by atoms with van der Waals surface area (Å²) in [5, 5.41) is 63.1. The number of esters is 1. The first kappa shape index (κ1) is 36.5. The molecule has 4 fully saturated rings. The summed E-state index contributed by atoms with van der Waals surface area (Å²) in [6, 6.07) is 10.3. The molecule has 16 nitrogen and oxygen atoms in total. The van der Waals surface area contributed by atoms with Crippen LogP contribution in [0.4, 0.5) is 0 Å². The number of fused-ring (bicyclic) bond motifs is 1. The van der Waals surface area contributed by atoms with Gasteiger partial charge >= 0.3 is 5.97 Å². The molecule has 50 heavy (non-hydrogen) atoms. The molecule has 6 rings (SSSR count). The van der Waals surface area contributed by atoms with Crippen molar-refractivity contribution in [1.82, 2.24) is 0 Å². The third kappa shape index (κ3) is 7.10. The fourth-order valence-electron chi connectivity index (χ4n) is 6.95. The van der Waals surface area contributed by atoms with Gasteiger partial charge in [0.2, 0.25) is 6.29 Å². The van der Waals surface area contributed by atoms with E-state index in [0.717, 1.165) is 11.1 Å². The average Bonchev–Trinajstić information content (AvgIpc) is 3.72. The number of phenolic OH excluding ortho intramolecular Hbond substituents is 1. The topological polar surface area (TPSA) is 222 Å². The minimum absolute atomic E-state index is 0.00702. The maximum Gasteiger partial charge on any atom is 0.302 e. The first-order chi connectivity index (χ1) is 23.9. The zero-order chi connectivity index (χ0) is 35.9. The van der Waals surface area contributed by atoms with Crippen molar-refractivity contribution < 1.29 is 78.1 Å². The van der Waals surface area contributed by atoms with Crippen LogP contribution in [-0.2, 0) is 33.2 Å². The predicted molar refractivity (Wildman–Crippen MR) is 167 cm³/mol. The van der Waals surface area contributed by atoms with Crippen LogP contribution in [0.2, 0.25) is 0 Å². The summed E-state index contributed by atoms with van der Waals surface area (Å²) in [5.74, 6) is 0.226. The molecule has 14 atom stereocenters. The van der Waals surface area contributed by atoms with Crippen LogP contribution in [0.25, 0.3) is 0 Å². The van der Waals surface area contributed by atoms with Gasteiger partial charge in [0.15, 0.2) is 35.4 Å². The average molecular weight is 709 g/mol. The Kier molecular flexibility index (Phi) is 11.0. The Hall–Kier alpha value is -3.29. The van der Waals surface area contributed by atoms with Gasteiger partial charge < -0.3 is 73.3 Å². The SMILES string of the molecule is COc1cc(C2OCC3C(c4ccc(O[C@H]5O[C@@H](COC(C)=O)[C@H](O)[C@@H](O)[C@@H]5O[C@H]5O[C@H](C)[C@@H](O)[C@H](O)[C@@H]5O)c(OC)c4)OCC23)ccc1O. The van der Waals surface area contributed by atoms with E-state index >= 15 is 0 Å². The number of aliphatic hydroxyl groups excluding tert-OH is 5. The second kappa shape index (κ2) is 15.1. The molecule has 0 spiro atoms. The van der Waals surface area contributed by atoms with E-state index in [1.165, 1.54) is 28.1 Å². The number of hydrogen-bond acceptors (Lipinski definition) is 16. The molecule has 16 heteroatoms. The summed E-state index contributed by atoms with van der Waals surface area (Å²) in [7, 11) is 2.93. The third-order valence-corrected chi connectivity index (χ3v) is 9.75. The molecule has 0 radical (unpaired) electrons. The van der Waals surface area contributed by atoms with Crippen molar-refractivity contribution in [2.24, 2.45) is 11.8 Å². The third-order valence-electron chi connectivity index (χ3n) is 9.75. The van der Waals surface area contributed by atoms with E-state index in [9.17, 15) is 35.4 Å². The number of benzene rings is 2. The lowest BCUT2D eigenvalue weighted by atomic mass is 9.85. The molecule has 4 heterocycles. The quantitative estimate of drug-likeness (QED) is 0.180. The molecule has 2 aromatic carbocycles. The van der Waals surface area contributed by atoms with Crippen LogP contribution >= 0.6 is 0 Å². The van der Waals surface area contributed by atoms with Crippen LogP contribution in [0.15, 0.2) is 36.4 Å². The largest absolute Gasteiger partial charge is 0.504 e. The van der Waals surface area contributed by atoms with E-state index in [4.69, 9.17) is 42.6 Å². The van der Waals surface area contributed by atoms with Crippen molar-refractivity contribution in [2.45, 2.75) is 87.5 Å².